The highest BCUT2D eigenvalue weighted by atomic mass is 32.1. The van der Waals surface area contributed by atoms with Crippen molar-refractivity contribution in [2.75, 3.05) is 0 Å². The summed E-state index contributed by atoms with van der Waals surface area (Å²) in [4.78, 5) is 38.8. The molecule has 1 N–H and O–H groups in total. The van der Waals surface area contributed by atoms with Gasteiger partial charge in [0.15, 0.2) is 17.1 Å². The van der Waals surface area contributed by atoms with E-state index in [1.54, 1.807) is 37.3 Å². The van der Waals surface area contributed by atoms with Crippen LogP contribution in [-0.2, 0) is 14.3 Å². The molecule has 4 aliphatic rings. The lowest BCUT2D eigenvalue weighted by Crippen LogP contribution is -2.68. The summed E-state index contributed by atoms with van der Waals surface area (Å²) in [5.41, 5.74) is -4.94. The lowest BCUT2D eigenvalue weighted by molar-refractivity contribution is -0.209. The number of para-hydroxylation sites is 1. The molecule has 2 fully saturated rings. The fraction of sp³-hybridized carbons (Fsp3) is 0.424. The Bertz CT molecular complexity index is 1470. The molecule has 0 radical (unpaired) electrons. The molecule has 8 heteroatoms. The highest BCUT2D eigenvalue weighted by Crippen LogP contribution is 2.70. The zero-order valence-corrected chi connectivity index (χ0v) is 23.9. The van der Waals surface area contributed by atoms with Gasteiger partial charge in [0.25, 0.3) is 0 Å². The number of fused-ring (bicyclic) bond motifs is 5. The molecule has 0 aromatic heterocycles. The topological polar surface area (TPSA) is 89.9 Å². The predicted molar refractivity (Wildman–Crippen MR) is 153 cm³/mol. The third-order valence-electron chi connectivity index (χ3n) is 10.4. The Morgan fingerprint density at radius 3 is 2.39 bits per heavy atom. The third kappa shape index (κ3) is 3.97. The van der Waals surface area contributed by atoms with Crippen LogP contribution in [0.15, 0.2) is 78.4 Å². The van der Waals surface area contributed by atoms with Crippen LogP contribution in [0.3, 0.4) is 0 Å². The van der Waals surface area contributed by atoms with E-state index in [1.807, 2.05) is 43.3 Å². The number of hydrogen-bond donors (Lipinski definition) is 2. The first-order valence-corrected chi connectivity index (χ1v) is 14.5. The van der Waals surface area contributed by atoms with Crippen LogP contribution in [0.1, 0.15) is 56.3 Å². The molecule has 41 heavy (non-hydrogen) atoms. The molecule has 0 spiro atoms. The lowest BCUT2D eigenvalue weighted by Gasteiger charge is -2.62. The van der Waals surface area contributed by atoms with Crippen molar-refractivity contribution < 1.29 is 33.4 Å². The highest BCUT2D eigenvalue weighted by Gasteiger charge is 2.75. The Hall–Kier alpha value is -3.23. The molecule has 7 atom stereocenters. The van der Waals surface area contributed by atoms with Gasteiger partial charge >= 0.3 is 5.97 Å². The summed E-state index contributed by atoms with van der Waals surface area (Å²) in [5, 5.41) is 10.9. The number of halogens is 1. The minimum atomic E-state index is -2.03. The number of aliphatic hydroxyl groups excluding tert-OH is 1. The second-order valence-electron chi connectivity index (χ2n) is 12.3. The number of ketones is 1. The summed E-state index contributed by atoms with van der Waals surface area (Å²) in [7, 11) is 0. The summed E-state index contributed by atoms with van der Waals surface area (Å²) in [6.07, 6.45) is 4.48. The van der Waals surface area contributed by atoms with Crippen molar-refractivity contribution in [1.29, 1.82) is 0 Å². The molecule has 0 heterocycles. The number of benzene rings is 2. The van der Waals surface area contributed by atoms with Crippen LogP contribution in [0.4, 0.5) is 4.39 Å². The maximum Gasteiger partial charge on any atom is 0.339 e. The fourth-order valence-corrected chi connectivity index (χ4v) is 8.58. The molecule has 2 aromatic rings. The first-order chi connectivity index (χ1) is 19.4. The second kappa shape index (κ2) is 9.66. The van der Waals surface area contributed by atoms with Crippen LogP contribution in [0, 0.1) is 22.7 Å². The minimum absolute atomic E-state index is 0.0846. The van der Waals surface area contributed by atoms with E-state index < -0.39 is 45.2 Å². The van der Waals surface area contributed by atoms with Crippen molar-refractivity contribution in [2.24, 2.45) is 22.7 Å². The number of ether oxygens (including phenoxy) is 2. The summed E-state index contributed by atoms with van der Waals surface area (Å²) in [6.45, 7) is 3.56. The smallest absolute Gasteiger partial charge is 0.339 e. The monoisotopic (exact) mass is 576 g/mol. The Balaban J connectivity index is 1.29. The average molecular weight is 577 g/mol. The van der Waals surface area contributed by atoms with Crippen LogP contribution >= 0.6 is 12.6 Å². The largest absolute Gasteiger partial charge is 0.457 e. The number of carbonyl (C=O) groups is 3. The van der Waals surface area contributed by atoms with Gasteiger partial charge in [-0.2, -0.15) is 0 Å². The number of thiol groups is 1. The van der Waals surface area contributed by atoms with Gasteiger partial charge in [0.2, 0.25) is 5.12 Å². The van der Waals surface area contributed by atoms with Gasteiger partial charge in [-0.15, -0.1) is 12.6 Å². The third-order valence-corrected chi connectivity index (χ3v) is 10.8. The molecular formula is C33H33FO6S. The number of esters is 1. The van der Waals surface area contributed by atoms with Gasteiger partial charge in [-0.1, -0.05) is 42.8 Å². The normalized spacial score (nSPS) is 37.3. The first kappa shape index (κ1) is 27.9. The van der Waals surface area contributed by atoms with Crippen molar-refractivity contribution >= 4 is 29.5 Å². The molecule has 2 aromatic carbocycles. The van der Waals surface area contributed by atoms with Crippen molar-refractivity contribution in [3.63, 3.8) is 0 Å². The van der Waals surface area contributed by atoms with E-state index in [0.29, 0.717) is 29.9 Å². The van der Waals surface area contributed by atoms with Gasteiger partial charge in [-0.05, 0) is 81.0 Å². The molecule has 4 aliphatic carbocycles. The van der Waals surface area contributed by atoms with Crippen LogP contribution in [0.5, 0.6) is 11.5 Å². The Morgan fingerprint density at radius 1 is 1.02 bits per heavy atom. The van der Waals surface area contributed by atoms with E-state index in [1.165, 1.54) is 6.08 Å². The van der Waals surface area contributed by atoms with E-state index in [0.717, 1.165) is 0 Å². The van der Waals surface area contributed by atoms with Crippen molar-refractivity contribution in [1.82, 2.24) is 0 Å². The number of carbonyl (C=O) groups excluding carboxylic acids is 3. The Kier molecular flexibility index (Phi) is 6.58. The maximum atomic E-state index is 17.4. The molecule has 0 aliphatic heterocycles. The van der Waals surface area contributed by atoms with Gasteiger partial charge in [-0.25, -0.2) is 9.18 Å². The summed E-state index contributed by atoms with van der Waals surface area (Å²) in [6, 6.07) is 15.7. The Labute approximate surface area is 244 Å². The van der Waals surface area contributed by atoms with Gasteiger partial charge in [-0.3, -0.25) is 9.59 Å². The fourth-order valence-electron chi connectivity index (χ4n) is 8.17. The zero-order chi connectivity index (χ0) is 29.2. The molecule has 6 rings (SSSR count). The summed E-state index contributed by atoms with van der Waals surface area (Å²) < 4.78 is 29.2. The number of hydrogen-bond acceptors (Lipinski definition) is 6. The Morgan fingerprint density at radius 2 is 1.71 bits per heavy atom. The molecule has 0 saturated heterocycles. The number of alkyl halides is 1. The summed E-state index contributed by atoms with van der Waals surface area (Å²) in [5.74, 6) is -0.586. The van der Waals surface area contributed by atoms with Gasteiger partial charge in [0.1, 0.15) is 11.5 Å². The number of rotatable bonds is 5. The second-order valence-corrected chi connectivity index (χ2v) is 12.7. The number of allylic oxidation sites excluding steroid dienone is 4. The minimum Gasteiger partial charge on any atom is -0.457 e. The first-order valence-electron chi connectivity index (χ1n) is 14.0. The van der Waals surface area contributed by atoms with Crippen LogP contribution in [0.2, 0.25) is 0 Å². The molecular weight excluding hydrogens is 543 g/mol. The SMILES string of the molecule is C[C@]12C=CC(=O)CC1=CC[C@H]1[C@@H]3CC[C@](OC(=O)c4ccc(Oc5ccccc5)cc4)(C(=O)S)[C@@]3(C)C[C@H](O)[C@@]12F. The van der Waals surface area contributed by atoms with E-state index in [4.69, 9.17) is 9.47 Å². The molecule has 6 nitrogen and oxygen atoms in total. The van der Waals surface area contributed by atoms with Crippen molar-refractivity contribution in [3.05, 3.63) is 84.0 Å². The molecule has 2 saturated carbocycles. The van der Waals surface area contributed by atoms with Crippen molar-refractivity contribution in [2.45, 2.75) is 63.3 Å². The lowest BCUT2D eigenvalue weighted by atomic mass is 9.45. The van der Waals surface area contributed by atoms with Crippen LogP contribution in [0.25, 0.3) is 0 Å². The van der Waals surface area contributed by atoms with Gasteiger partial charge in [0.05, 0.1) is 11.7 Å². The van der Waals surface area contributed by atoms with E-state index in [2.05, 4.69) is 12.6 Å². The predicted octanol–water partition coefficient (Wildman–Crippen LogP) is 6.20. The quantitative estimate of drug-likeness (QED) is 0.250. The van der Waals surface area contributed by atoms with E-state index in [9.17, 15) is 19.5 Å². The van der Waals surface area contributed by atoms with Gasteiger partial charge in [0, 0.05) is 23.2 Å². The van der Waals surface area contributed by atoms with Crippen molar-refractivity contribution in [3.8, 4) is 11.5 Å². The summed E-state index contributed by atoms with van der Waals surface area (Å²) >= 11 is 4.21. The standard InChI is InChI=1S/C33H33FO6S/c1-30-16-14-22(35)18-21(30)10-13-26-25-15-17-32(29(38)41,31(25,2)19-27(36)33(26,30)34)40-28(37)20-8-11-24(12-9-20)39-23-6-4-3-5-7-23/h3-12,14,16,25-27,36H,13,15,17-19H2,1-2H3,(H,38,41)/t25-,26-,27-,30-,31-,32-,33-/m0/s1. The molecule has 0 unspecified atom stereocenters. The van der Waals surface area contributed by atoms with Crippen LogP contribution in [-0.4, -0.2) is 39.3 Å². The number of aliphatic hydroxyl groups is 1. The van der Waals surface area contributed by atoms with Crippen LogP contribution < -0.4 is 4.74 Å². The van der Waals surface area contributed by atoms with E-state index >= 15 is 4.39 Å². The molecule has 214 valence electrons. The maximum absolute atomic E-state index is 17.4. The van der Waals surface area contributed by atoms with Gasteiger partial charge < -0.3 is 14.6 Å². The average Bonchev–Trinajstić information content (AvgIpc) is 3.23. The highest BCUT2D eigenvalue weighted by molar-refractivity contribution is 7.96. The molecule has 0 bridgehead atoms. The van der Waals surface area contributed by atoms with E-state index in [-0.39, 0.29) is 36.5 Å². The molecule has 0 amide bonds. The zero-order valence-electron chi connectivity index (χ0n) is 23.0.